The monoisotopic (exact) mass is 419 g/mol. The van der Waals surface area contributed by atoms with Gasteiger partial charge < -0.3 is 4.90 Å². The summed E-state index contributed by atoms with van der Waals surface area (Å²) >= 11 is 1.48. The molecule has 8 heteroatoms. The molecule has 5 rings (SSSR count). The van der Waals surface area contributed by atoms with Crippen LogP contribution in [0.5, 0.6) is 0 Å². The summed E-state index contributed by atoms with van der Waals surface area (Å²) in [6, 6.07) is 12.1. The third-order valence-corrected chi connectivity index (χ3v) is 6.49. The van der Waals surface area contributed by atoms with Crippen molar-refractivity contribution in [3.05, 3.63) is 87.5 Å². The smallest absolute Gasteiger partial charge is 0.271 e. The Balaban J connectivity index is 1.40. The molecule has 0 bridgehead atoms. The molecule has 1 aliphatic rings. The van der Waals surface area contributed by atoms with Gasteiger partial charge in [-0.05, 0) is 24.5 Å². The van der Waals surface area contributed by atoms with E-state index in [1.165, 1.54) is 27.5 Å². The number of hydrogen-bond donors (Lipinski definition) is 0. The minimum atomic E-state index is -0.304. The number of hydrogen-bond acceptors (Lipinski definition) is 5. The molecule has 1 saturated heterocycles. The van der Waals surface area contributed by atoms with Crippen LogP contribution >= 0.6 is 11.3 Å². The highest BCUT2D eigenvalue weighted by atomic mass is 32.1. The molecule has 4 aromatic rings. The van der Waals surface area contributed by atoms with E-state index in [-0.39, 0.29) is 23.1 Å². The number of rotatable bonds is 4. The standard InChI is InChI=1S/C22H21N5O2S/c28-20(25-10-4-8-17(14-25)27-11-5-9-24-27)19-13-23-22-26(21(19)29)15-18(30-22)12-16-6-2-1-3-7-16/h1-3,5-7,9,11,13,15,17H,4,8,10,12,14H2. The molecular weight excluding hydrogens is 398 g/mol. The molecule has 1 fully saturated rings. The fourth-order valence-electron chi connectivity index (χ4n) is 3.98. The zero-order valence-corrected chi connectivity index (χ0v) is 17.2. The number of piperidine rings is 1. The number of carbonyl (C=O) groups excluding carboxylic acids is 1. The van der Waals surface area contributed by atoms with Crippen LogP contribution < -0.4 is 5.56 Å². The average Bonchev–Trinajstić information content (AvgIpc) is 3.45. The zero-order valence-electron chi connectivity index (χ0n) is 16.3. The van der Waals surface area contributed by atoms with Gasteiger partial charge in [0.05, 0.1) is 6.04 Å². The van der Waals surface area contributed by atoms with Crippen molar-refractivity contribution in [3.63, 3.8) is 0 Å². The van der Waals surface area contributed by atoms with Crippen LogP contribution in [0, 0.1) is 0 Å². The van der Waals surface area contributed by atoms with E-state index in [2.05, 4.69) is 22.2 Å². The van der Waals surface area contributed by atoms with E-state index in [1.54, 1.807) is 11.1 Å². The zero-order chi connectivity index (χ0) is 20.5. The third kappa shape index (κ3) is 3.54. The summed E-state index contributed by atoms with van der Waals surface area (Å²) in [6.07, 6.45) is 9.48. The van der Waals surface area contributed by atoms with Crippen LogP contribution in [0.15, 0.2) is 66.0 Å². The van der Waals surface area contributed by atoms with Gasteiger partial charge in [-0.1, -0.05) is 30.3 Å². The van der Waals surface area contributed by atoms with Crippen molar-refractivity contribution in [2.45, 2.75) is 25.3 Å². The Morgan fingerprint density at radius 1 is 1.20 bits per heavy atom. The topological polar surface area (TPSA) is 72.5 Å². The fourth-order valence-corrected chi connectivity index (χ4v) is 4.95. The number of benzene rings is 1. The van der Waals surface area contributed by atoms with Crippen molar-refractivity contribution in [2.24, 2.45) is 0 Å². The second-order valence-electron chi connectivity index (χ2n) is 7.52. The molecule has 0 radical (unpaired) electrons. The molecule has 0 aliphatic carbocycles. The van der Waals surface area contributed by atoms with E-state index in [1.807, 2.05) is 41.3 Å². The Hall–Kier alpha value is -3.26. The molecule has 0 N–H and O–H groups in total. The van der Waals surface area contributed by atoms with Crippen LogP contribution in [-0.2, 0) is 6.42 Å². The summed E-state index contributed by atoms with van der Waals surface area (Å²) in [5, 5.41) is 4.30. The lowest BCUT2D eigenvalue weighted by molar-refractivity contribution is 0.0670. The Labute approximate surface area is 177 Å². The molecule has 30 heavy (non-hydrogen) atoms. The van der Waals surface area contributed by atoms with Crippen molar-refractivity contribution < 1.29 is 4.79 Å². The highest BCUT2D eigenvalue weighted by Gasteiger charge is 2.28. The minimum absolute atomic E-state index is 0.123. The maximum Gasteiger partial charge on any atom is 0.271 e. The van der Waals surface area contributed by atoms with Gasteiger partial charge in [-0.25, -0.2) is 4.98 Å². The van der Waals surface area contributed by atoms with Crippen LogP contribution in [0.2, 0.25) is 0 Å². The first-order valence-electron chi connectivity index (χ1n) is 10.0. The summed E-state index contributed by atoms with van der Waals surface area (Å²) in [6.45, 7) is 1.19. The van der Waals surface area contributed by atoms with Crippen molar-refractivity contribution in [2.75, 3.05) is 13.1 Å². The van der Waals surface area contributed by atoms with Crippen LogP contribution in [0.3, 0.4) is 0 Å². The Bertz CT molecular complexity index is 1230. The molecular formula is C22H21N5O2S. The van der Waals surface area contributed by atoms with Crippen LogP contribution in [-0.4, -0.2) is 43.1 Å². The van der Waals surface area contributed by atoms with Gasteiger partial charge in [0.1, 0.15) is 5.56 Å². The second kappa shape index (κ2) is 7.87. The van der Waals surface area contributed by atoms with Gasteiger partial charge in [-0.15, -0.1) is 11.3 Å². The van der Waals surface area contributed by atoms with Gasteiger partial charge in [0, 0.05) is 49.2 Å². The number of thiazole rings is 1. The van der Waals surface area contributed by atoms with E-state index in [0.717, 1.165) is 24.1 Å². The molecule has 152 valence electrons. The molecule has 1 unspecified atom stereocenters. The van der Waals surface area contributed by atoms with E-state index in [0.29, 0.717) is 18.1 Å². The summed E-state index contributed by atoms with van der Waals surface area (Å²) in [4.78, 5) is 34.0. The molecule has 1 aliphatic heterocycles. The lowest BCUT2D eigenvalue weighted by Crippen LogP contribution is -2.43. The lowest BCUT2D eigenvalue weighted by atomic mass is 10.1. The maximum atomic E-state index is 13.1. The SMILES string of the molecule is O=C(c1cnc2sc(Cc3ccccc3)cn2c1=O)N1CCCC(n2cccn2)C1. The second-order valence-corrected chi connectivity index (χ2v) is 8.62. The number of aromatic nitrogens is 4. The summed E-state index contributed by atoms with van der Waals surface area (Å²) in [7, 11) is 0. The van der Waals surface area contributed by atoms with Crippen LogP contribution in [0.1, 0.15) is 39.7 Å². The summed E-state index contributed by atoms with van der Waals surface area (Å²) < 4.78 is 3.40. The summed E-state index contributed by atoms with van der Waals surface area (Å²) in [5.41, 5.74) is 0.992. The van der Waals surface area contributed by atoms with Gasteiger partial charge in [-0.2, -0.15) is 5.10 Å². The highest BCUT2D eigenvalue weighted by Crippen LogP contribution is 2.22. The number of amides is 1. The Kier molecular flexibility index (Phi) is 4.92. The van der Waals surface area contributed by atoms with Crippen molar-refractivity contribution >= 4 is 22.2 Å². The van der Waals surface area contributed by atoms with E-state index in [4.69, 9.17) is 0 Å². The third-order valence-electron chi connectivity index (χ3n) is 5.49. The number of nitrogens with zero attached hydrogens (tertiary/aromatic N) is 5. The van der Waals surface area contributed by atoms with E-state index < -0.39 is 0 Å². The van der Waals surface area contributed by atoms with Crippen molar-refractivity contribution in [1.82, 2.24) is 24.1 Å². The van der Waals surface area contributed by atoms with Gasteiger partial charge in [-0.3, -0.25) is 18.7 Å². The van der Waals surface area contributed by atoms with Gasteiger partial charge in [0.2, 0.25) is 0 Å². The first kappa shape index (κ1) is 18.7. The molecule has 0 spiro atoms. The largest absolute Gasteiger partial charge is 0.336 e. The van der Waals surface area contributed by atoms with Gasteiger partial charge >= 0.3 is 0 Å². The number of carbonyl (C=O) groups is 1. The molecule has 1 atom stereocenters. The molecule has 3 aromatic heterocycles. The fraction of sp³-hybridized carbons (Fsp3) is 0.273. The van der Waals surface area contributed by atoms with E-state index >= 15 is 0 Å². The minimum Gasteiger partial charge on any atom is -0.336 e. The van der Waals surface area contributed by atoms with Crippen LogP contribution in [0.4, 0.5) is 0 Å². The lowest BCUT2D eigenvalue weighted by Gasteiger charge is -2.32. The normalized spacial score (nSPS) is 16.8. The quantitative estimate of drug-likeness (QED) is 0.510. The first-order chi connectivity index (χ1) is 14.7. The van der Waals surface area contributed by atoms with Crippen molar-refractivity contribution in [1.29, 1.82) is 0 Å². The Morgan fingerprint density at radius 2 is 2.07 bits per heavy atom. The van der Waals surface area contributed by atoms with Crippen molar-refractivity contribution in [3.8, 4) is 0 Å². The van der Waals surface area contributed by atoms with Gasteiger partial charge in [0.25, 0.3) is 11.5 Å². The molecule has 0 saturated carbocycles. The Morgan fingerprint density at radius 3 is 2.87 bits per heavy atom. The van der Waals surface area contributed by atoms with Crippen LogP contribution in [0.25, 0.3) is 4.96 Å². The molecule has 4 heterocycles. The maximum absolute atomic E-state index is 13.1. The molecule has 1 aromatic carbocycles. The predicted molar refractivity (Wildman–Crippen MR) is 115 cm³/mol. The molecule has 1 amide bonds. The van der Waals surface area contributed by atoms with Gasteiger partial charge in [0.15, 0.2) is 4.96 Å². The predicted octanol–water partition coefficient (Wildman–Crippen LogP) is 3.02. The number of likely N-dealkylation sites (tertiary alicyclic amines) is 1. The molecule has 7 nitrogen and oxygen atoms in total. The highest BCUT2D eigenvalue weighted by molar-refractivity contribution is 7.17. The summed E-state index contributed by atoms with van der Waals surface area (Å²) in [5.74, 6) is -0.255. The number of fused-ring (bicyclic) bond motifs is 1. The average molecular weight is 420 g/mol. The first-order valence-corrected chi connectivity index (χ1v) is 10.8. The van der Waals surface area contributed by atoms with E-state index in [9.17, 15) is 9.59 Å².